The molecule has 0 fully saturated rings. The van der Waals surface area contributed by atoms with E-state index in [1.165, 1.54) is 13.0 Å². The van der Waals surface area contributed by atoms with E-state index in [2.05, 4.69) is 16.0 Å². The highest BCUT2D eigenvalue weighted by Gasteiger charge is 2.31. The molecule has 0 heterocycles. The minimum absolute atomic E-state index is 0. The van der Waals surface area contributed by atoms with Crippen molar-refractivity contribution in [1.29, 1.82) is 0 Å². The van der Waals surface area contributed by atoms with Gasteiger partial charge in [-0.3, -0.25) is 9.59 Å². The number of halogens is 4. The van der Waals surface area contributed by atoms with Crippen molar-refractivity contribution < 1.29 is 22.8 Å². The topological polar surface area (TPSA) is 70.2 Å². The van der Waals surface area contributed by atoms with Crippen LogP contribution in [0.25, 0.3) is 0 Å². The quantitative estimate of drug-likeness (QED) is 0.688. The Bertz CT molecular complexity index is 551. The van der Waals surface area contributed by atoms with E-state index in [1.54, 1.807) is 7.05 Å². The highest BCUT2D eigenvalue weighted by Crippen LogP contribution is 2.32. The van der Waals surface area contributed by atoms with Crippen LogP contribution in [0.15, 0.2) is 18.2 Å². The molecule has 3 N–H and O–H groups in total. The molecule has 0 aromatic heterocycles. The van der Waals surface area contributed by atoms with Crippen molar-refractivity contribution in [3.8, 4) is 0 Å². The second-order valence-corrected chi connectivity index (χ2v) is 4.69. The third-order valence-corrected chi connectivity index (χ3v) is 2.73. The van der Waals surface area contributed by atoms with E-state index in [1.807, 2.05) is 0 Å². The number of nitrogens with one attached hydrogen (secondary N) is 3. The number of benzene rings is 1. The smallest absolute Gasteiger partial charge is 0.352 e. The van der Waals surface area contributed by atoms with Crippen molar-refractivity contribution in [1.82, 2.24) is 10.6 Å². The largest absolute Gasteiger partial charge is 0.416 e. The second-order valence-electron chi connectivity index (χ2n) is 4.69. The normalized spacial score (nSPS) is 10.7. The fraction of sp³-hybridized carbons (Fsp3) is 0.429. The van der Waals surface area contributed by atoms with Crippen LogP contribution in [0.5, 0.6) is 0 Å². The third-order valence-electron chi connectivity index (χ3n) is 2.73. The fourth-order valence-electron chi connectivity index (χ4n) is 1.77. The van der Waals surface area contributed by atoms with Gasteiger partial charge in [0.15, 0.2) is 0 Å². The summed E-state index contributed by atoms with van der Waals surface area (Å²) < 4.78 is 38.5. The summed E-state index contributed by atoms with van der Waals surface area (Å²) in [7, 11) is 1.76. The Hall–Kier alpha value is -1.80. The van der Waals surface area contributed by atoms with E-state index in [9.17, 15) is 22.8 Å². The van der Waals surface area contributed by atoms with E-state index in [-0.39, 0.29) is 23.7 Å². The van der Waals surface area contributed by atoms with Crippen LogP contribution in [0.1, 0.15) is 29.3 Å². The lowest BCUT2D eigenvalue weighted by molar-refractivity contribution is -0.137. The molecule has 0 unspecified atom stereocenters. The highest BCUT2D eigenvalue weighted by molar-refractivity contribution is 5.97. The van der Waals surface area contributed by atoms with Gasteiger partial charge in [-0.25, -0.2) is 0 Å². The molecule has 1 aromatic carbocycles. The summed E-state index contributed by atoms with van der Waals surface area (Å²) in [5, 5.41) is 7.69. The Morgan fingerprint density at radius 2 is 1.78 bits per heavy atom. The van der Waals surface area contributed by atoms with Gasteiger partial charge in [0.05, 0.1) is 5.56 Å². The Balaban J connectivity index is 0.00000484. The summed E-state index contributed by atoms with van der Waals surface area (Å²) in [5.74, 6) is -1.13. The van der Waals surface area contributed by atoms with E-state index in [0.717, 1.165) is 12.1 Å². The highest BCUT2D eigenvalue weighted by atomic mass is 35.5. The van der Waals surface area contributed by atoms with Crippen LogP contribution >= 0.6 is 12.4 Å². The van der Waals surface area contributed by atoms with Crippen molar-refractivity contribution in [2.45, 2.75) is 19.5 Å². The summed E-state index contributed by atoms with van der Waals surface area (Å²) in [6.45, 7) is 2.20. The Labute approximate surface area is 138 Å². The molecule has 0 spiro atoms. The van der Waals surface area contributed by atoms with Gasteiger partial charge in [-0.15, -0.1) is 12.4 Å². The maximum atomic E-state index is 12.8. The second kappa shape index (κ2) is 9.36. The first-order valence-electron chi connectivity index (χ1n) is 6.66. The van der Waals surface area contributed by atoms with Gasteiger partial charge in [0.2, 0.25) is 5.91 Å². The van der Waals surface area contributed by atoms with Gasteiger partial charge < -0.3 is 16.0 Å². The lowest BCUT2D eigenvalue weighted by Crippen LogP contribution is -2.27. The van der Waals surface area contributed by atoms with Crippen molar-refractivity contribution >= 4 is 29.9 Å². The van der Waals surface area contributed by atoms with Gasteiger partial charge in [-0.05, 0) is 38.2 Å². The van der Waals surface area contributed by atoms with Crippen molar-refractivity contribution in [2.75, 3.05) is 25.5 Å². The van der Waals surface area contributed by atoms with Crippen molar-refractivity contribution in [3.05, 3.63) is 29.3 Å². The summed E-state index contributed by atoms with van der Waals surface area (Å²) in [6.07, 6.45) is -3.95. The fourth-order valence-corrected chi connectivity index (χ4v) is 1.77. The summed E-state index contributed by atoms with van der Waals surface area (Å²) >= 11 is 0. The van der Waals surface area contributed by atoms with Crippen LogP contribution in [-0.4, -0.2) is 32.0 Å². The van der Waals surface area contributed by atoms with Crippen LogP contribution in [0.3, 0.4) is 0 Å². The molecule has 1 aromatic rings. The zero-order valence-electron chi connectivity index (χ0n) is 12.7. The molecule has 0 radical (unpaired) electrons. The number of rotatable bonds is 6. The lowest BCUT2D eigenvalue weighted by atomic mass is 10.1. The zero-order chi connectivity index (χ0) is 16.8. The number of hydrogen-bond acceptors (Lipinski definition) is 3. The molecule has 0 saturated heterocycles. The van der Waals surface area contributed by atoms with E-state index in [0.29, 0.717) is 19.5 Å². The molecule has 2 amide bonds. The molecule has 0 aliphatic carbocycles. The first kappa shape index (κ1) is 21.2. The molecular formula is C14H19ClF3N3O2. The van der Waals surface area contributed by atoms with Gasteiger partial charge in [0.1, 0.15) is 0 Å². The molecular weight excluding hydrogens is 335 g/mol. The van der Waals surface area contributed by atoms with Crippen LogP contribution in [0, 0.1) is 0 Å². The average Bonchev–Trinajstić information content (AvgIpc) is 2.41. The summed E-state index contributed by atoms with van der Waals surface area (Å²) in [6, 6.07) is 2.77. The predicted octanol–water partition coefficient (Wildman–Crippen LogP) is 2.42. The van der Waals surface area contributed by atoms with Crippen LogP contribution in [0.4, 0.5) is 18.9 Å². The van der Waals surface area contributed by atoms with Gasteiger partial charge in [-0.1, -0.05) is 0 Å². The minimum atomic E-state index is -4.60. The number of carbonyl (C=O) groups is 2. The number of anilines is 1. The summed E-state index contributed by atoms with van der Waals surface area (Å²) in [4.78, 5) is 22.9. The first-order valence-corrected chi connectivity index (χ1v) is 6.66. The molecule has 130 valence electrons. The SMILES string of the molecule is CNCCCNC(=O)c1cc(NC(C)=O)cc(C(F)(F)F)c1.Cl. The van der Waals surface area contributed by atoms with Crippen molar-refractivity contribution in [2.24, 2.45) is 0 Å². The molecule has 0 aliphatic heterocycles. The number of carbonyl (C=O) groups excluding carboxylic acids is 2. The first-order chi connectivity index (χ1) is 10.2. The monoisotopic (exact) mass is 353 g/mol. The Morgan fingerprint density at radius 3 is 2.30 bits per heavy atom. The van der Waals surface area contributed by atoms with Crippen molar-refractivity contribution in [3.63, 3.8) is 0 Å². The summed E-state index contributed by atoms with van der Waals surface area (Å²) in [5.41, 5.74) is -1.20. The number of amides is 2. The van der Waals surface area contributed by atoms with Gasteiger partial charge in [0, 0.05) is 24.7 Å². The maximum absolute atomic E-state index is 12.8. The van der Waals surface area contributed by atoms with Gasteiger partial charge in [0.25, 0.3) is 5.91 Å². The standard InChI is InChI=1S/C14H18F3N3O2.ClH/c1-9(21)20-12-7-10(6-11(8-12)14(15,16)17)13(22)19-5-3-4-18-2;/h6-8,18H,3-5H2,1-2H3,(H,19,22)(H,20,21);1H. The molecule has 0 aliphatic rings. The molecule has 23 heavy (non-hydrogen) atoms. The molecule has 5 nitrogen and oxygen atoms in total. The van der Waals surface area contributed by atoms with E-state index >= 15 is 0 Å². The van der Waals surface area contributed by atoms with E-state index < -0.39 is 23.6 Å². The van der Waals surface area contributed by atoms with Gasteiger partial charge in [-0.2, -0.15) is 13.2 Å². The molecule has 1 rings (SSSR count). The van der Waals surface area contributed by atoms with Crippen LogP contribution < -0.4 is 16.0 Å². The molecule has 0 saturated carbocycles. The number of hydrogen-bond donors (Lipinski definition) is 3. The maximum Gasteiger partial charge on any atom is 0.416 e. The Morgan fingerprint density at radius 1 is 1.13 bits per heavy atom. The minimum Gasteiger partial charge on any atom is -0.352 e. The van der Waals surface area contributed by atoms with Crippen LogP contribution in [-0.2, 0) is 11.0 Å². The average molecular weight is 354 g/mol. The number of alkyl halides is 3. The van der Waals surface area contributed by atoms with E-state index in [4.69, 9.17) is 0 Å². The molecule has 9 heteroatoms. The molecule has 0 bridgehead atoms. The zero-order valence-corrected chi connectivity index (χ0v) is 13.5. The lowest BCUT2D eigenvalue weighted by Gasteiger charge is -2.12. The Kier molecular flexibility index (Phi) is 8.63. The van der Waals surface area contributed by atoms with Gasteiger partial charge >= 0.3 is 6.18 Å². The predicted molar refractivity (Wildman–Crippen MR) is 83.9 cm³/mol. The third kappa shape index (κ3) is 7.34. The van der Waals surface area contributed by atoms with Crippen LogP contribution in [0.2, 0.25) is 0 Å². The molecule has 0 atom stereocenters.